The number of carbonyl (C=O) groups is 1. The van der Waals surface area contributed by atoms with E-state index in [0.717, 1.165) is 18.4 Å². The maximum Gasteiger partial charge on any atom is 0.224 e. The third-order valence-corrected chi connectivity index (χ3v) is 4.59. The van der Waals surface area contributed by atoms with Crippen molar-refractivity contribution in [3.63, 3.8) is 0 Å². The van der Waals surface area contributed by atoms with Gasteiger partial charge in [-0.3, -0.25) is 4.79 Å². The Bertz CT molecular complexity index is 537. The van der Waals surface area contributed by atoms with Gasteiger partial charge in [-0.25, -0.2) is 0 Å². The molecule has 0 heterocycles. The van der Waals surface area contributed by atoms with Crippen molar-refractivity contribution in [2.45, 2.75) is 90.9 Å². The van der Waals surface area contributed by atoms with Gasteiger partial charge < -0.3 is 10.4 Å². The summed E-state index contributed by atoms with van der Waals surface area (Å²) in [6.07, 6.45) is 18.6. The van der Waals surface area contributed by atoms with Crippen LogP contribution in [-0.2, 0) is 4.79 Å². The summed E-state index contributed by atoms with van der Waals surface area (Å²) in [6, 6.07) is 5.24. The number of nitrogens with one attached hydrogen (secondary N) is 1. The molecular formula is C23H37NO2. The van der Waals surface area contributed by atoms with Gasteiger partial charge in [-0.05, 0) is 56.7 Å². The Kier molecular flexibility index (Phi) is 12.3. The molecule has 1 aromatic rings. The van der Waals surface area contributed by atoms with Gasteiger partial charge in [0.2, 0.25) is 5.91 Å². The van der Waals surface area contributed by atoms with E-state index >= 15 is 0 Å². The average Bonchev–Trinajstić information content (AvgIpc) is 2.62. The molecule has 0 aliphatic rings. The molecular weight excluding hydrogens is 322 g/mol. The van der Waals surface area contributed by atoms with E-state index in [4.69, 9.17) is 0 Å². The van der Waals surface area contributed by atoms with Crippen molar-refractivity contribution in [3.8, 4) is 5.75 Å². The third-order valence-electron chi connectivity index (χ3n) is 4.59. The van der Waals surface area contributed by atoms with E-state index in [2.05, 4.69) is 24.4 Å². The van der Waals surface area contributed by atoms with Gasteiger partial charge in [0.15, 0.2) is 0 Å². The van der Waals surface area contributed by atoms with E-state index in [1.807, 2.05) is 13.0 Å². The molecule has 3 heteroatoms. The summed E-state index contributed by atoms with van der Waals surface area (Å²) in [6.45, 7) is 4.19. The lowest BCUT2D eigenvalue weighted by Gasteiger charge is -2.08. The summed E-state index contributed by atoms with van der Waals surface area (Å²) in [5.74, 6) is 0.110. The van der Waals surface area contributed by atoms with Crippen molar-refractivity contribution < 1.29 is 9.90 Å². The molecule has 0 aliphatic carbocycles. The fraction of sp³-hybridized carbons (Fsp3) is 0.609. The van der Waals surface area contributed by atoms with Crippen LogP contribution in [0.25, 0.3) is 0 Å². The topological polar surface area (TPSA) is 49.3 Å². The van der Waals surface area contributed by atoms with Crippen LogP contribution >= 0.6 is 0 Å². The van der Waals surface area contributed by atoms with Crippen LogP contribution in [0.4, 0.5) is 5.69 Å². The maximum absolute atomic E-state index is 11.9. The van der Waals surface area contributed by atoms with Crippen molar-refractivity contribution in [1.29, 1.82) is 0 Å². The largest absolute Gasteiger partial charge is 0.506 e. The number of hydrogen-bond donors (Lipinski definition) is 2. The molecule has 0 unspecified atom stereocenters. The van der Waals surface area contributed by atoms with E-state index < -0.39 is 0 Å². The van der Waals surface area contributed by atoms with Gasteiger partial charge in [0.1, 0.15) is 5.75 Å². The van der Waals surface area contributed by atoms with Crippen molar-refractivity contribution in [1.82, 2.24) is 0 Å². The van der Waals surface area contributed by atoms with Gasteiger partial charge in [0.25, 0.3) is 0 Å². The third kappa shape index (κ3) is 11.0. The standard InChI is InChI=1S/C23H37NO2/c1-3-4-5-6-7-8-9-10-11-12-13-14-15-16-23(26)24-21-19-20(2)17-18-22(21)25/h8-9,17-19,25H,3-7,10-16H2,1-2H3,(H,24,26)/b9-8+. The second-order valence-corrected chi connectivity index (χ2v) is 7.20. The lowest BCUT2D eigenvalue weighted by Crippen LogP contribution is -2.11. The smallest absolute Gasteiger partial charge is 0.224 e. The van der Waals surface area contributed by atoms with E-state index in [0.29, 0.717) is 12.1 Å². The van der Waals surface area contributed by atoms with Crippen LogP contribution in [0.3, 0.4) is 0 Å². The first kappa shape index (κ1) is 22.3. The normalized spacial score (nSPS) is 11.2. The summed E-state index contributed by atoms with van der Waals surface area (Å²) in [4.78, 5) is 11.9. The summed E-state index contributed by atoms with van der Waals surface area (Å²) in [5.41, 5.74) is 1.53. The summed E-state index contributed by atoms with van der Waals surface area (Å²) >= 11 is 0. The lowest BCUT2D eigenvalue weighted by atomic mass is 10.1. The minimum Gasteiger partial charge on any atom is -0.506 e. The van der Waals surface area contributed by atoms with Crippen molar-refractivity contribution in [3.05, 3.63) is 35.9 Å². The SMILES string of the molecule is CCCCCC/C=C/CCCCCCCC(=O)Nc1cc(C)ccc1O. The second kappa shape index (κ2) is 14.4. The van der Waals surface area contributed by atoms with Gasteiger partial charge in [0.05, 0.1) is 5.69 Å². The van der Waals surface area contributed by atoms with Crippen molar-refractivity contribution in [2.24, 2.45) is 0 Å². The summed E-state index contributed by atoms with van der Waals surface area (Å²) in [5, 5.41) is 12.5. The monoisotopic (exact) mass is 359 g/mol. The van der Waals surface area contributed by atoms with Crippen molar-refractivity contribution in [2.75, 3.05) is 5.32 Å². The molecule has 0 saturated carbocycles. The van der Waals surface area contributed by atoms with Crippen molar-refractivity contribution >= 4 is 11.6 Å². The maximum atomic E-state index is 11.9. The molecule has 0 radical (unpaired) electrons. The number of amides is 1. The van der Waals surface area contributed by atoms with Crippen LogP contribution in [0, 0.1) is 6.92 Å². The second-order valence-electron chi connectivity index (χ2n) is 7.20. The van der Waals surface area contributed by atoms with E-state index in [-0.39, 0.29) is 11.7 Å². The van der Waals surface area contributed by atoms with E-state index in [1.54, 1.807) is 12.1 Å². The first-order valence-corrected chi connectivity index (χ1v) is 10.4. The zero-order chi connectivity index (χ0) is 19.0. The zero-order valence-electron chi connectivity index (χ0n) is 16.7. The number of phenols is 1. The Labute approximate surface area is 159 Å². The molecule has 0 spiro atoms. The lowest BCUT2D eigenvalue weighted by molar-refractivity contribution is -0.116. The minimum absolute atomic E-state index is 0.0168. The number of carbonyl (C=O) groups excluding carboxylic acids is 1. The Balaban J connectivity index is 1.98. The first-order chi connectivity index (χ1) is 12.6. The summed E-state index contributed by atoms with van der Waals surface area (Å²) < 4.78 is 0. The number of allylic oxidation sites excluding steroid dienone is 2. The van der Waals surface area contributed by atoms with Gasteiger partial charge in [0, 0.05) is 6.42 Å². The quantitative estimate of drug-likeness (QED) is 0.216. The molecule has 0 saturated heterocycles. The Morgan fingerprint density at radius 3 is 2.27 bits per heavy atom. The average molecular weight is 360 g/mol. The van der Waals surface area contributed by atoms with Gasteiger partial charge in [-0.1, -0.05) is 63.7 Å². The molecule has 3 nitrogen and oxygen atoms in total. The molecule has 146 valence electrons. The molecule has 0 bridgehead atoms. The summed E-state index contributed by atoms with van der Waals surface area (Å²) in [7, 11) is 0. The number of hydrogen-bond acceptors (Lipinski definition) is 2. The highest BCUT2D eigenvalue weighted by molar-refractivity contribution is 5.92. The Hall–Kier alpha value is -1.77. The zero-order valence-corrected chi connectivity index (χ0v) is 16.7. The van der Waals surface area contributed by atoms with Crippen LogP contribution in [0.2, 0.25) is 0 Å². The predicted octanol–water partition coefficient (Wildman–Crippen LogP) is 6.90. The highest BCUT2D eigenvalue weighted by Crippen LogP contribution is 2.24. The fourth-order valence-electron chi connectivity index (χ4n) is 2.97. The van der Waals surface area contributed by atoms with Crippen LogP contribution < -0.4 is 5.32 Å². The molecule has 1 amide bonds. The number of phenolic OH excluding ortho intramolecular Hbond substituents is 1. The Morgan fingerprint density at radius 2 is 1.58 bits per heavy atom. The molecule has 0 atom stereocenters. The minimum atomic E-state index is -0.0168. The van der Waals surface area contributed by atoms with Crippen LogP contribution in [0.5, 0.6) is 5.75 Å². The van der Waals surface area contributed by atoms with Gasteiger partial charge >= 0.3 is 0 Å². The number of benzene rings is 1. The number of aromatic hydroxyl groups is 1. The molecule has 0 aliphatic heterocycles. The number of aryl methyl sites for hydroxylation is 1. The highest BCUT2D eigenvalue weighted by Gasteiger charge is 2.06. The number of rotatable bonds is 14. The van der Waals surface area contributed by atoms with Gasteiger partial charge in [-0.2, -0.15) is 0 Å². The highest BCUT2D eigenvalue weighted by atomic mass is 16.3. The fourth-order valence-corrected chi connectivity index (χ4v) is 2.97. The van der Waals surface area contributed by atoms with E-state index in [9.17, 15) is 9.90 Å². The molecule has 0 fully saturated rings. The Morgan fingerprint density at radius 1 is 0.962 bits per heavy atom. The van der Waals surface area contributed by atoms with E-state index in [1.165, 1.54) is 57.8 Å². The molecule has 1 aromatic carbocycles. The number of anilines is 1. The molecule has 1 rings (SSSR count). The number of unbranched alkanes of at least 4 members (excludes halogenated alkanes) is 9. The molecule has 26 heavy (non-hydrogen) atoms. The molecule has 2 N–H and O–H groups in total. The van der Waals surface area contributed by atoms with Crippen LogP contribution in [-0.4, -0.2) is 11.0 Å². The van der Waals surface area contributed by atoms with Crippen LogP contribution in [0.15, 0.2) is 30.4 Å². The van der Waals surface area contributed by atoms with Gasteiger partial charge in [-0.15, -0.1) is 0 Å². The predicted molar refractivity (Wildman–Crippen MR) is 112 cm³/mol. The first-order valence-electron chi connectivity index (χ1n) is 10.4. The molecule has 0 aromatic heterocycles. The van der Waals surface area contributed by atoms with Crippen LogP contribution in [0.1, 0.15) is 89.5 Å².